The molecule has 2 aromatic carbocycles. The SMILES string of the molecule is CC(=O)Nc1nc(CSc2nc3cc(Cl)ccc3c(=O)n2-c2ccccc2C)cs1. The summed E-state index contributed by atoms with van der Waals surface area (Å²) in [6.45, 7) is 3.41. The van der Waals surface area contributed by atoms with E-state index in [0.717, 1.165) is 16.9 Å². The summed E-state index contributed by atoms with van der Waals surface area (Å²) >= 11 is 8.90. The third-order valence-corrected chi connectivity index (χ3v) is 6.35. The molecule has 0 unspecified atom stereocenters. The van der Waals surface area contributed by atoms with Crippen LogP contribution in [-0.2, 0) is 10.5 Å². The molecule has 4 aromatic rings. The zero-order valence-electron chi connectivity index (χ0n) is 16.2. The average molecular weight is 457 g/mol. The first kappa shape index (κ1) is 20.6. The van der Waals surface area contributed by atoms with Gasteiger partial charge in [0.25, 0.3) is 5.56 Å². The van der Waals surface area contributed by atoms with Gasteiger partial charge in [0.05, 0.1) is 22.3 Å². The number of nitrogens with zero attached hydrogens (tertiary/aromatic N) is 3. The van der Waals surface area contributed by atoms with E-state index >= 15 is 0 Å². The highest BCUT2D eigenvalue weighted by molar-refractivity contribution is 7.98. The largest absolute Gasteiger partial charge is 0.302 e. The van der Waals surface area contributed by atoms with Crippen LogP contribution in [0.25, 0.3) is 16.6 Å². The first-order valence-electron chi connectivity index (χ1n) is 9.05. The Labute approximate surface area is 185 Å². The number of aromatic nitrogens is 3. The van der Waals surface area contributed by atoms with Gasteiger partial charge in [0.15, 0.2) is 10.3 Å². The van der Waals surface area contributed by atoms with Crippen LogP contribution in [0.2, 0.25) is 5.02 Å². The summed E-state index contributed by atoms with van der Waals surface area (Å²) in [5, 5.41) is 6.70. The molecule has 0 saturated carbocycles. The number of carbonyl (C=O) groups is 1. The van der Waals surface area contributed by atoms with Crippen LogP contribution in [0.5, 0.6) is 0 Å². The molecular weight excluding hydrogens is 440 g/mol. The Bertz CT molecular complexity index is 1320. The Morgan fingerprint density at radius 2 is 2.03 bits per heavy atom. The maximum absolute atomic E-state index is 13.4. The molecule has 1 amide bonds. The number of thiazole rings is 1. The van der Waals surface area contributed by atoms with Gasteiger partial charge in [-0.05, 0) is 36.8 Å². The molecule has 2 aromatic heterocycles. The van der Waals surface area contributed by atoms with Gasteiger partial charge < -0.3 is 5.32 Å². The minimum Gasteiger partial charge on any atom is -0.302 e. The van der Waals surface area contributed by atoms with Crippen molar-refractivity contribution in [1.29, 1.82) is 0 Å². The summed E-state index contributed by atoms with van der Waals surface area (Å²) in [7, 11) is 0. The monoisotopic (exact) mass is 456 g/mol. The fraction of sp³-hybridized carbons (Fsp3) is 0.143. The predicted molar refractivity (Wildman–Crippen MR) is 123 cm³/mol. The van der Waals surface area contributed by atoms with E-state index in [1.165, 1.54) is 30.0 Å². The van der Waals surface area contributed by atoms with Gasteiger partial charge >= 0.3 is 0 Å². The lowest BCUT2D eigenvalue weighted by molar-refractivity contribution is -0.114. The van der Waals surface area contributed by atoms with E-state index in [0.29, 0.717) is 32.0 Å². The average Bonchev–Trinajstić information content (AvgIpc) is 3.14. The number of halogens is 1. The van der Waals surface area contributed by atoms with Gasteiger partial charge in [0.2, 0.25) is 5.91 Å². The summed E-state index contributed by atoms with van der Waals surface area (Å²) in [5.74, 6) is 0.338. The number of carbonyl (C=O) groups excluding carboxylic acids is 1. The number of benzene rings is 2. The Hall–Kier alpha value is -2.68. The zero-order valence-corrected chi connectivity index (χ0v) is 18.6. The standard InChI is InChI=1S/C21H17ClN4O2S2/c1-12-5-3-4-6-18(12)26-19(28)16-8-7-14(22)9-17(16)25-21(26)30-11-15-10-29-20(24-15)23-13(2)27/h3-10H,11H2,1-2H3,(H,23,24,27). The highest BCUT2D eigenvalue weighted by atomic mass is 35.5. The van der Waals surface area contributed by atoms with E-state index in [1.54, 1.807) is 22.8 Å². The number of hydrogen-bond donors (Lipinski definition) is 1. The fourth-order valence-corrected chi connectivity index (χ4v) is 4.91. The number of para-hydroxylation sites is 1. The molecule has 2 heterocycles. The normalized spacial score (nSPS) is 11.0. The number of thioether (sulfide) groups is 1. The highest BCUT2D eigenvalue weighted by Gasteiger charge is 2.16. The molecule has 0 fully saturated rings. The van der Waals surface area contributed by atoms with E-state index < -0.39 is 0 Å². The van der Waals surface area contributed by atoms with Crippen LogP contribution in [0.3, 0.4) is 0 Å². The van der Waals surface area contributed by atoms with Crippen molar-refractivity contribution in [2.24, 2.45) is 0 Å². The molecule has 0 saturated heterocycles. The molecule has 0 atom stereocenters. The summed E-state index contributed by atoms with van der Waals surface area (Å²) in [6, 6.07) is 12.8. The van der Waals surface area contributed by atoms with E-state index in [4.69, 9.17) is 16.6 Å². The van der Waals surface area contributed by atoms with E-state index in [2.05, 4.69) is 10.3 Å². The smallest absolute Gasteiger partial charge is 0.266 e. The Kier molecular flexibility index (Phi) is 5.90. The van der Waals surface area contributed by atoms with E-state index in [1.807, 2.05) is 36.6 Å². The van der Waals surface area contributed by atoms with Crippen molar-refractivity contribution in [2.45, 2.75) is 24.8 Å². The Morgan fingerprint density at radius 3 is 2.80 bits per heavy atom. The fourth-order valence-electron chi connectivity index (χ4n) is 2.98. The molecule has 9 heteroatoms. The number of aryl methyl sites for hydroxylation is 1. The maximum Gasteiger partial charge on any atom is 0.266 e. The number of hydrogen-bond acceptors (Lipinski definition) is 6. The van der Waals surface area contributed by atoms with Crippen LogP contribution in [0.1, 0.15) is 18.2 Å². The molecule has 4 rings (SSSR count). The van der Waals surface area contributed by atoms with Gasteiger partial charge in [-0.1, -0.05) is 41.6 Å². The van der Waals surface area contributed by atoms with Gasteiger partial charge in [-0.2, -0.15) is 0 Å². The Morgan fingerprint density at radius 1 is 1.23 bits per heavy atom. The van der Waals surface area contributed by atoms with E-state index in [9.17, 15) is 9.59 Å². The summed E-state index contributed by atoms with van der Waals surface area (Å²) in [6.07, 6.45) is 0. The van der Waals surface area contributed by atoms with Crippen molar-refractivity contribution in [3.63, 3.8) is 0 Å². The molecule has 0 aliphatic rings. The second-order valence-electron chi connectivity index (χ2n) is 6.60. The maximum atomic E-state index is 13.4. The first-order chi connectivity index (χ1) is 14.4. The zero-order chi connectivity index (χ0) is 21.3. The van der Waals surface area contributed by atoms with Crippen molar-refractivity contribution in [3.8, 4) is 5.69 Å². The van der Waals surface area contributed by atoms with Crippen LogP contribution in [0.4, 0.5) is 5.13 Å². The van der Waals surface area contributed by atoms with Crippen molar-refractivity contribution >= 4 is 56.6 Å². The molecule has 0 radical (unpaired) electrons. The number of anilines is 1. The van der Waals surface area contributed by atoms with Crippen molar-refractivity contribution in [3.05, 3.63) is 74.5 Å². The molecule has 152 valence electrons. The highest BCUT2D eigenvalue weighted by Crippen LogP contribution is 2.28. The molecule has 6 nitrogen and oxygen atoms in total. The van der Waals surface area contributed by atoms with Crippen molar-refractivity contribution in [1.82, 2.24) is 14.5 Å². The van der Waals surface area contributed by atoms with Crippen LogP contribution >= 0.6 is 34.7 Å². The number of amides is 1. The minimum atomic E-state index is -0.162. The molecule has 1 N–H and O–H groups in total. The summed E-state index contributed by atoms with van der Waals surface area (Å²) in [5.41, 5.74) is 2.96. The second-order valence-corrected chi connectivity index (χ2v) is 8.83. The molecule has 0 spiro atoms. The lowest BCUT2D eigenvalue weighted by Crippen LogP contribution is -2.22. The van der Waals surface area contributed by atoms with Gasteiger partial charge in [0.1, 0.15) is 0 Å². The topological polar surface area (TPSA) is 76.9 Å². The van der Waals surface area contributed by atoms with Crippen molar-refractivity contribution < 1.29 is 4.79 Å². The van der Waals surface area contributed by atoms with Crippen LogP contribution < -0.4 is 10.9 Å². The lowest BCUT2D eigenvalue weighted by Gasteiger charge is -2.15. The quantitative estimate of drug-likeness (QED) is 0.335. The number of rotatable bonds is 5. The third-order valence-electron chi connectivity index (χ3n) is 4.34. The second kappa shape index (κ2) is 8.59. The number of fused-ring (bicyclic) bond motifs is 1. The molecular formula is C21H17ClN4O2S2. The molecule has 30 heavy (non-hydrogen) atoms. The molecule has 0 aliphatic heterocycles. The summed E-state index contributed by atoms with van der Waals surface area (Å²) < 4.78 is 1.64. The third kappa shape index (κ3) is 4.26. The lowest BCUT2D eigenvalue weighted by atomic mass is 10.2. The number of nitrogens with one attached hydrogen (secondary N) is 1. The molecule has 0 aliphatic carbocycles. The van der Waals surface area contributed by atoms with E-state index in [-0.39, 0.29) is 11.5 Å². The van der Waals surface area contributed by atoms with Crippen LogP contribution in [0.15, 0.2) is 57.8 Å². The Balaban J connectivity index is 1.78. The van der Waals surface area contributed by atoms with Gasteiger partial charge in [-0.25, -0.2) is 9.97 Å². The predicted octanol–water partition coefficient (Wildman–Crippen LogP) is 5.05. The van der Waals surface area contributed by atoms with Crippen molar-refractivity contribution in [2.75, 3.05) is 5.32 Å². The van der Waals surface area contributed by atoms with Gasteiger partial charge in [-0.15, -0.1) is 11.3 Å². The van der Waals surface area contributed by atoms with Crippen LogP contribution in [0, 0.1) is 6.92 Å². The minimum absolute atomic E-state index is 0.148. The summed E-state index contributed by atoms with van der Waals surface area (Å²) in [4.78, 5) is 33.7. The van der Waals surface area contributed by atoms with Gasteiger partial charge in [0, 0.05) is 23.1 Å². The first-order valence-corrected chi connectivity index (χ1v) is 11.3. The van der Waals surface area contributed by atoms with Gasteiger partial charge in [-0.3, -0.25) is 14.2 Å². The van der Waals surface area contributed by atoms with Crippen LogP contribution in [-0.4, -0.2) is 20.4 Å². The molecule has 0 bridgehead atoms.